The molecule has 1 aromatic heterocycles. The van der Waals surface area contributed by atoms with Crippen molar-refractivity contribution in [1.29, 1.82) is 10.7 Å². The molecular formula is C23H15Cl2N5O4. The third-order valence-electron chi connectivity index (χ3n) is 6.08. The lowest BCUT2D eigenvalue weighted by Crippen LogP contribution is -2.53. The Balaban J connectivity index is 1.84. The van der Waals surface area contributed by atoms with Gasteiger partial charge in [-0.3, -0.25) is 25.0 Å². The van der Waals surface area contributed by atoms with Gasteiger partial charge in [-0.15, -0.1) is 5.10 Å². The van der Waals surface area contributed by atoms with Crippen LogP contribution < -0.4 is 9.64 Å². The van der Waals surface area contributed by atoms with Crippen molar-refractivity contribution in [2.75, 3.05) is 18.6 Å². The first-order valence-corrected chi connectivity index (χ1v) is 10.8. The van der Waals surface area contributed by atoms with E-state index in [4.69, 9.17) is 38.1 Å². The average molecular weight is 496 g/mol. The van der Waals surface area contributed by atoms with E-state index in [1.807, 2.05) is 0 Å². The third-order valence-corrected chi connectivity index (χ3v) is 6.82. The second-order valence-electron chi connectivity index (χ2n) is 7.73. The highest BCUT2D eigenvalue weighted by Gasteiger charge is 2.64. The topological polar surface area (TPSA) is 132 Å². The zero-order valence-electron chi connectivity index (χ0n) is 17.6. The van der Waals surface area contributed by atoms with Crippen molar-refractivity contribution in [2.24, 2.45) is 5.92 Å². The predicted molar refractivity (Wildman–Crippen MR) is 123 cm³/mol. The molecule has 5 rings (SSSR count). The summed E-state index contributed by atoms with van der Waals surface area (Å²) in [7, 11) is 1.23. The van der Waals surface area contributed by atoms with E-state index in [1.165, 1.54) is 12.0 Å². The second kappa shape index (κ2) is 7.87. The van der Waals surface area contributed by atoms with Gasteiger partial charge in [-0.1, -0.05) is 47.5 Å². The number of carbonyl (C=O) groups is 2. The van der Waals surface area contributed by atoms with Gasteiger partial charge in [-0.25, -0.2) is 0 Å². The van der Waals surface area contributed by atoms with Gasteiger partial charge in [0, 0.05) is 11.3 Å². The summed E-state index contributed by atoms with van der Waals surface area (Å²) in [5.41, 5.74) is 0.390. The maximum Gasteiger partial charge on any atom is 0.325 e. The van der Waals surface area contributed by atoms with Crippen molar-refractivity contribution >= 4 is 46.7 Å². The summed E-state index contributed by atoms with van der Waals surface area (Å²) in [5, 5.41) is 26.3. The van der Waals surface area contributed by atoms with E-state index in [2.05, 4.69) is 16.3 Å². The van der Waals surface area contributed by atoms with Gasteiger partial charge in [0.25, 0.3) is 0 Å². The molecular weight excluding hydrogens is 481 g/mol. The molecule has 0 fully saturated rings. The number of carbonyl (C=O) groups excluding carboxylic acids is 2. The molecule has 2 atom stereocenters. The van der Waals surface area contributed by atoms with E-state index in [-0.39, 0.29) is 23.0 Å². The maximum atomic E-state index is 14.2. The number of H-pyrrole nitrogens is 1. The Bertz CT molecular complexity index is 1430. The number of fused-ring (bicyclic) bond motifs is 4. The van der Waals surface area contributed by atoms with E-state index >= 15 is 0 Å². The molecule has 3 aromatic rings. The zero-order valence-corrected chi connectivity index (χ0v) is 19.1. The van der Waals surface area contributed by atoms with Gasteiger partial charge in [0.2, 0.25) is 17.7 Å². The molecule has 9 nitrogen and oxygen atoms in total. The number of nitriles is 1. The predicted octanol–water partition coefficient (Wildman–Crippen LogP) is 3.70. The Kier molecular flexibility index (Phi) is 5.08. The van der Waals surface area contributed by atoms with Crippen molar-refractivity contribution in [3.05, 3.63) is 63.6 Å². The number of rotatable bonds is 3. The number of ether oxygens (including phenoxy) is 2. The van der Waals surface area contributed by atoms with Gasteiger partial charge in [0.15, 0.2) is 0 Å². The molecule has 1 spiro atoms. The van der Waals surface area contributed by atoms with Crippen LogP contribution in [-0.2, 0) is 19.7 Å². The lowest BCUT2D eigenvalue weighted by atomic mass is 9.65. The fourth-order valence-corrected chi connectivity index (χ4v) is 4.93. The summed E-state index contributed by atoms with van der Waals surface area (Å²) in [5.74, 6) is -2.96. The highest BCUT2D eigenvalue weighted by molar-refractivity contribution is 6.42. The molecule has 0 bridgehead atoms. The number of hydrogen-bond acceptors (Lipinski definition) is 7. The summed E-state index contributed by atoms with van der Waals surface area (Å²) in [6.07, 6.45) is 0. The Morgan fingerprint density at radius 3 is 2.79 bits per heavy atom. The third kappa shape index (κ3) is 2.86. The Labute approximate surface area is 203 Å². The van der Waals surface area contributed by atoms with Crippen molar-refractivity contribution in [3.63, 3.8) is 0 Å². The minimum absolute atomic E-state index is 0.0133. The Hall–Kier alpha value is -3.87. The largest absolute Gasteiger partial charge is 0.468 e. The minimum atomic E-state index is -1.70. The summed E-state index contributed by atoms with van der Waals surface area (Å²) < 4.78 is 10.4. The number of esters is 1. The molecule has 3 heterocycles. The fourth-order valence-electron chi connectivity index (χ4n) is 4.64. The lowest BCUT2D eigenvalue weighted by Gasteiger charge is -2.36. The van der Waals surface area contributed by atoms with Crippen LogP contribution in [0.1, 0.15) is 11.1 Å². The number of para-hydroxylation sites is 1. The number of halogens is 2. The summed E-state index contributed by atoms with van der Waals surface area (Å²) in [6, 6.07) is 13.8. The van der Waals surface area contributed by atoms with Gasteiger partial charge in [-0.05, 0) is 23.8 Å². The van der Waals surface area contributed by atoms with E-state index in [0.29, 0.717) is 27.5 Å². The molecule has 2 N–H and O–H groups in total. The quantitative estimate of drug-likeness (QED) is 0.532. The number of hydrogen-bond donors (Lipinski definition) is 2. The van der Waals surface area contributed by atoms with Crippen LogP contribution in [0.25, 0.3) is 11.3 Å². The number of nitrogens with zero attached hydrogens (tertiary/aromatic N) is 3. The Morgan fingerprint density at radius 2 is 2.09 bits per heavy atom. The minimum Gasteiger partial charge on any atom is -0.468 e. The molecule has 34 heavy (non-hydrogen) atoms. The van der Waals surface area contributed by atoms with Crippen LogP contribution in [0, 0.1) is 22.7 Å². The van der Waals surface area contributed by atoms with Crippen LogP contribution in [0.5, 0.6) is 5.88 Å². The molecule has 2 aromatic carbocycles. The highest BCUT2D eigenvalue weighted by atomic mass is 35.5. The maximum absolute atomic E-state index is 14.2. The van der Waals surface area contributed by atoms with Crippen molar-refractivity contribution in [2.45, 2.75) is 5.41 Å². The molecule has 0 saturated carbocycles. The molecule has 2 aliphatic rings. The number of benzene rings is 2. The first kappa shape index (κ1) is 21.9. The lowest BCUT2D eigenvalue weighted by molar-refractivity contribution is -0.140. The van der Waals surface area contributed by atoms with Gasteiger partial charge in [0.1, 0.15) is 17.9 Å². The average Bonchev–Trinajstić information content (AvgIpc) is 3.35. The summed E-state index contributed by atoms with van der Waals surface area (Å²) in [6.45, 7) is -0.365. The molecule has 1 amide bonds. The first-order valence-electron chi connectivity index (χ1n) is 10.0. The second-order valence-corrected chi connectivity index (χ2v) is 8.54. The summed E-state index contributed by atoms with van der Waals surface area (Å²) in [4.78, 5) is 27.6. The van der Waals surface area contributed by atoms with E-state index in [1.54, 1.807) is 42.5 Å². The van der Waals surface area contributed by atoms with Crippen molar-refractivity contribution in [1.82, 2.24) is 10.2 Å². The van der Waals surface area contributed by atoms with Gasteiger partial charge in [0.05, 0.1) is 34.5 Å². The molecule has 170 valence electrons. The van der Waals surface area contributed by atoms with Crippen LogP contribution >= 0.6 is 23.2 Å². The van der Waals surface area contributed by atoms with Gasteiger partial charge in [-0.2, -0.15) is 5.26 Å². The van der Waals surface area contributed by atoms with Crippen LogP contribution in [0.15, 0.2) is 42.5 Å². The van der Waals surface area contributed by atoms with Crippen molar-refractivity contribution < 1.29 is 19.1 Å². The normalized spacial score (nSPS) is 20.5. The Morgan fingerprint density at radius 1 is 1.32 bits per heavy atom. The molecule has 11 heteroatoms. The fraction of sp³-hybridized carbons (Fsp3) is 0.174. The van der Waals surface area contributed by atoms with Crippen LogP contribution in [0.3, 0.4) is 0 Å². The SMILES string of the molecule is COC(=O)CN1C(=O)C2(c3ccccc31)c1c(n[nH]c1-c1ccc(Cl)c(Cl)c1)OC(=N)C2C#N. The standard InChI is InChI=1S/C23H15Cl2N5O4/c1-33-17(31)10-30-16-5-3-2-4-12(16)23(22(30)32)13(9-26)20(27)34-21-18(23)19(28-29-21)11-6-7-14(24)15(25)8-11/h2-8,13,27H,10H2,1H3,(H,28,29). The molecule has 0 radical (unpaired) electrons. The summed E-state index contributed by atoms with van der Waals surface area (Å²) >= 11 is 12.3. The molecule has 2 aliphatic heterocycles. The zero-order chi connectivity index (χ0) is 24.2. The number of aromatic nitrogens is 2. The van der Waals surface area contributed by atoms with E-state index in [0.717, 1.165) is 0 Å². The van der Waals surface area contributed by atoms with E-state index in [9.17, 15) is 14.9 Å². The number of anilines is 1. The number of amides is 1. The monoisotopic (exact) mass is 495 g/mol. The number of methoxy groups -OCH3 is 1. The first-order chi connectivity index (χ1) is 16.3. The van der Waals surface area contributed by atoms with Gasteiger partial charge >= 0.3 is 5.97 Å². The van der Waals surface area contributed by atoms with Crippen molar-refractivity contribution in [3.8, 4) is 23.2 Å². The van der Waals surface area contributed by atoms with Crippen LogP contribution in [0.4, 0.5) is 5.69 Å². The number of aromatic amines is 1. The number of nitrogens with one attached hydrogen (secondary N) is 2. The molecule has 2 unspecified atom stereocenters. The van der Waals surface area contributed by atoms with Crippen LogP contribution in [-0.4, -0.2) is 41.6 Å². The molecule has 0 saturated heterocycles. The molecule has 0 aliphatic carbocycles. The van der Waals surface area contributed by atoms with Gasteiger partial charge < -0.3 is 9.47 Å². The van der Waals surface area contributed by atoms with Crippen LogP contribution in [0.2, 0.25) is 10.0 Å². The van der Waals surface area contributed by atoms with E-state index < -0.39 is 29.1 Å². The highest BCUT2D eigenvalue weighted by Crippen LogP contribution is 2.57. The smallest absolute Gasteiger partial charge is 0.325 e.